The van der Waals surface area contributed by atoms with E-state index in [4.69, 9.17) is 6.42 Å². The van der Waals surface area contributed by atoms with E-state index in [-0.39, 0.29) is 11.7 Å². The first-order valence-electron chi connectivity index (χ1n) is 7.15. The third-order valence-corrected chi connectivity index (χ3v) is 3.09. The van der Waals surface area contributed by atoms with Crippen LogP contribution in [-0.2, 0) is 4.79 Å². The molecule has 2 aromatic carbocycles. The summed E-state index contributed by atoms with van der Waals surface area (Å²) in [6.07, 6.45) is 5.28. The Morgan fingerprint density at radius 3 is 1.73 bits per heavy atom. The van der Waals surface area contributed by atoms with Gasteiger partial charge in [-0.2, -0.15) is 0 Å². The van der Waals surface area contributed by atoms with E-state index in [0.717, 1.165) is 0 Å². The molecule has 0 aliphatic carbocycles. The van der Waals surface area contributed by atoms with Crippen LogP contribution in [0.25, 0.3) is 0 Å². The predicted octanol–water partition coefficient (Wildman–Crippen LogP) is 4.44. The Bertz CT molecular complexity index is 627. The van der Waals surface area contributed by atoms with E-state index in [1.165, 1.54) is 11.1 Å². The molecule has 0 bridgehead atoms. The zero-order chi connectivity index (χ0) is 16.2. The van der Waals surface area contributed by atoms with Crippen LogP contribution in [-0.4, -0.2) is 5.78 Å². The van der Waals surface area contributed by atoms with Gasteiger partial charge in [0.2, 0.25) is 0 Å². The van der Waals surface area contributed by atoms with Gasteiger partial charge in [-0.05, 0) is 36.8 Å². The number of benzene rings is 2. The monoisotopic (exact) mass is 288 g/mol. The molecule has 0 heterocycles. The van der Waals surface area contributed by atoms with Crippen molar-refractivity contribution in [3.05, 3.63) is 71.8 Å². The molecule has 0 atom stereocenters. The van der Waals surface area contributed by atoms with Gasteiger partial charge in [-0.3, -0.25) is 4.79 Å². The molecule has 0 saturated carbocycles. The molecule has 0 aliphatic rings. The Kier molecular flexibility index (Phi) is 7.88. The smallest absolute Gasteiger partial charge is 0.130 e. The first-order valence-corrected chi connectivity index (χ1v) is 7.15. The maximum absolute atomic E-state index is 11.4. The third kappa shape index (κ3) is 6.12. The molecule has 0 N–H and O–H groups in total. The number of ketones is 1. The molecular weight excluding hydrogens is 268 g/mol. The summed E-state index contributed by atoms with van der Waals surface area (Å²) < 4.78 is 0. The highest BCUT2D eigenvalue weighted by atomic mass is 16.1. The van der Waals surface area contributed by atoms with Crippen LogP contribution >= 0.6 is 0 Å². The van der Waals surface area contributed by atoms with Crippen LogP contribution < -0.4 is 0 Å². The highest BCUT2D eigenvalue weighted by Crippen LogP contribution is 2.27. The Morgan fingerprint density at radius 2 is 1.45 bits per heavy atom. The number of terminal acetylenes is 1. The summed E-state index contributed by atoms with van der Waals surface area (Å²) in [7, 11) is 0. The first-order chi connectivity index (χ1) is 10.7. The summed E-state index contributed by atoms with van der Waals surface area (Å²) >= 11 is 0. The molecule has 0 spiro atoms. The molecule has 1 nitrogen and oxygen atoms in total. The summed E-state index contributed by atoms with van der Waals surface area (Å²) in [5.41, 5.74) is 2.41. The van der Waals surface area contributed by atoms with Crippen molar-refractivity contribution in [2.24, 2.45) is 0 Å². The normalized spacial score (nSPS) is 8.82. The quantitative estimate of drug-likeness (QED) is 0.760. The topological polar surface area (TPSA) is 17.1 Å². The highest BCUT2D eigenvalue weighted by Gasteiger charge is 2.15. The zero-order valence-electron chi connectivity index (χ0n) is 13.0. The van der Waals surface area contributed by atoms with Crippen LogP contribution in [0, 0.1) is 24.2 Å². The van der Waals surface area contributed by atoms with Crippen molar-refractivity contribution in [1.29, 1.82) is 0 Å². The van der Waals surface area contributed by atoms with Crippen molar-refractivity contribution in [3.63, 3.8) is 0 Å². The molecule has 2 aromatic rings. The van der Waals surface area contributed by atoms with E-state index in [1.807, 2.05) is 36.4 Å². The van der Waals surface area contributed by atoms with Crippen molar-refractivity contribution < 1.29 is 4.79 Å². The fourth-order valence-corrected chi connectivity index (χ4v) is 2.16. The Hall–Kier alpha value is -2.77. The van der Waals surface area contributed by atoms with Crippen LogP contribution in [0.5, 0.6) is 0 Å². The number of Topliss-reactive ketones (excluding diaryl/α,β-unsaturated/α-hetero) is 1. The van der Waals surface area contributed by atoms with Crippen molar-refractivity contribution >= 4 is 5.78 Å². The molecule has 0 amide bonds. The lowest BCUT2D eigenvalue weighted by Crippen LogP contribution is -2.05. The largest absolute Gasteiger partial charge is 0.300 e. The van der Waals surface area contributed by atoms with Crippen LogP contribution in [0.1, 0.15) is 37.3 Å². The summed E-state index contributed by atoms with van der Waals surface area (Å²) in [6.45, 7) is 3.36. The molecule has 22 heavy (non-hydrogen) atoms. The standard InChI is InChI=1S/C16H16O.C5H4/c1-13(17)12-16(14-8-4-2-5-9-14)15-10-6-3-7-11-15;1-3-5-4-2/h2-11,16H,12H2,1H3;1H,2H3. The molecule has 0 fully saturated rings. The average molecular weight is 288 g/mol. The Morgan fingerprint density at radius 1 is 1.00 bits per heavy atom. The Labute approximate surface area is 133 Å². The number of carbonyl (C=O) groups is 1. The van der Waals surface area contributed by atoms with Gasteiger partial charge in [0.1, 0.15) is 5.78 Å². The molecule has 110 valence electrons. The van der Waals surface area contributed by atoms with Crippen molar-refractivity contribution in [3.8, 4) is 24.2 Å². The average Bonchev–Trinajstić information content (AvgIpc) is 2.55. The second-order valence-electron chi connectivity index (χ2n) is 4.80. The summed E-state index contributed by atoms with van der Waals surface area (Å²) in [5, 5.41) is 0. The second-order valence-corrected chi connectivity index (χ2v) is 4.80. The van der Waals surface area contributed by atoms with Crippen molar-refractivity contribution in [1.82, 2.24) is 0 Å². The SMILES string of the molecule is C#CC#CC.CC(=O)CC(c1ccccc1)c1ccccc1. The third-order valence-electron chi connectivity index (χ3n) is 3.09. The molecule has 0 radical (unpaired) electrons. The van der Waals surface area contributed by atoms with Gasteiger partial charge in [0.05, 0.1) is 0 Å². The van der Waals surface area contributed by atoms with E-state index in [2.05, 4.69) is 42.0 Å². The number of carbonyl (C=O) groups excluding carboxylic acids is 1. The van der Waals surface area contributed by atoms with Gasteiger partial charge in [0.15, 0.2) is 0 Å². The minimum atomic E-state index is 0.176. The maximum Gasteiger partial charge on any atom is 0.130 e. The predicted molar refractivity (Wildman–Crippen MR) is 92.3 cm³/mol. The molecule has 1 heteroatoms. The Balaban J connectivity index is 0.000000422. The van der Waals surface area contributed by atoms with E-state index >= 15 is 0 Å². The maximum atomic E-state index is 11.4. The van der Waals surface area contributed by atoms with Gasteiger partial charge < -0.3 is 0 Å². The fourth-order valence-electron chi connectivity index (χ4n) is 2.16. The van der Waals surface area contributed by atoms with Crippen LogP contribution in [0.2, 0.25) is 0 Å². The lowest BCUT2D eigenvalue weighted by atomic mass is 9.87. The summed E-state index contributed by atoms with van der Waals surface area (Å²) in [4.78, 5) is 11.4. The zero-order valence-corrected chi connectivity index (χ0v) is 13.0. The van der Waals surface area contributed by atoms with Gasteiger partial charge in [-0.25, -0.2) is 0 Å². The van der Waals surface area contributed by atoms with E-state index in [0.29, 0.717) is 6.42 Å². The minimum absolute atomic E-state index is 0.176. The van der Waals surface area contributed by atoms with Gasteiger partial charge in [-0.15, -0.1) is 6.42 Å². The minimum Gasteiger partial charge on any atom is -0.300 e. The second kappa shape index (κ2) is 10.0. The molecule has 0 aromatic heterocycles. The van der Waals surface area contributed by atoms with Gasteiger partial charge in [-0.1, -0.05) is 66.6 Å². The molecule has 0 saturated heterocycles. The first kappa shape index (κ1) is 17.3. The highest BCUT2D eigenvalue weighted by molar-refractivity contribution is 5.77. The van der Waals surface area contributed by atoms with Gasteiger partial charge >= 0.3 is 0 Å². The van der Waals surface area contributed by atoms with Crippen molar-refractivity contribution in [2.75, 3.05) is 0 Å². The van der Waals surface area contributed by atoms with Gasteiger partial charge in [0.25, 0.3) is 0 Å². The van der Waals surface area contributed by atoms with E-state index in [9.17, 15) is 4.79 Å². The van der Waals surface area contributed by atoms with E-state index < -0.39 is 0 Å². The molecule has 2 rings (SSSR count). The lowest BCUT2D eigenvalue weighted by Gasteiger charge is -2.16. The summed E-state index contributed by atoms with van der Waals surface area (Å²) in [6, 6.07) is 20.4. The molecule has 0 aliphatic heterocycles. The van der Waals surface area contributed by atoms with Crippen LogP contribution in [0.3, 0.4) is 0 Å². The van der Waals surface area contributed by atoms with Gasteiger partial charge in [0, 0.05) is 12.3 Å². The van der Waals surface area contributed by atoms with Crippen LogP contribution in [0.15, 0.2) is 60.7 Å². The molecular formula is C21H20O. The van der Waals surface area contributed by atoms with E-state index in [1.54, 1.807) is 13.8 Å². The number of rotatable bonds is 4. The molecule has 0 unspecified atom stereocenters. The summed E-state index contributed by atoms with van der Waals surface area (Å²) in [5.74, 6) is 7.48. The number of hydrogen-bond donors (Lipinski definition) is 0. The van der Waals surface area contributed by atoms with Crippen molar-refractivity contribution in [2.45, 2.75) is 26.2 Å². The fraction of sp³-hybridized carbons (Fsp3) is 0.190. The number of hydrogen-bond acceptors (Lipinski definition) is 1. The van der Waals surface area contributed by atoms with Crippen LogP contribution in [0.4, 0.5) is 0 Å². The lowest BCUT2D eigenvalue weighted by molar-refractivity contribution is -0.117.